The van der Waals surface area contributed by atoms with Crippen molar-refractivity contribution in [2.45, 2.75) is 6.61 Å². The molecule has 0 unspecified atom stereocenters. The van der Waals surface area contributed by atoms with E-state index >= 15 is 0 Å². The Kier molecular flexibility index (Phi) is 6.77. The zero-order chi connectivity index (χ0) is 17.4. The van der Waals surface area contributed by atoms with E-state index in [9.17, 15) is 9.59 Å². The number of aromatic nitrogens is 1. The number of nitrogens with zero attached hydrogens (tertiary/aromatic N) is 1. The average molecular weight is 367 g/mol. The summed E-state index contributed by atoms with van der Waals surface area (Å²) in [6.07, 6.45) is 2.74. The van der Waals surface area contributed by atoms with Crippen LogP contribution in [0.4, 0.5) is 0 Å². The predicted octanol–water partition coefficient (Wildman–Crippen LogP) is 2.83. The van der Waals surface area contributed by atoms with Gasteiger partial charge in [-0.15, -0.1) is 11.3 Å². The molecule has 126 valence electrons. The fraction of sp³-hybridized carbons (Fsp3) is 0.188. The van der Waals surface area contributed by atoms with Crippen molar-refractivity contribution in [1.82, 2.24) is 10.3 Å². The van der Waals surface area contributed by atoms with Gasteiger partial charge in [-0.1, -0.05) is 23.7 Å². The van der Waals surface area contributed by atoms with Crippen LogP contribution in [0.1, 0.15) is 15.5 Å². The number of amides is 1. The number of ether oxygens (including phenoxy) is 2. The van der Waals surface area contributed by atoms with Gasteiger partial charge in [-0.3, -0.25) is 4.79 Å². The Morgan fingerprint density at radius 2 is 2.25 bits per heavy atom. The van der Waals surface area contributed by atoms with E-state index in [0.717, 1.165) is 0 Å². The van der Waals surface area contributed by atoms with Crippen molar-refractivity contribution in [2.24, 2.45) is 0 Å². The van der Waals surface area contributed by atoms with E-state index in [1.165, 1.54) is 30.6 Å². The van der Waals surface area contributed by atoms with Crippen molar-refractivity contribution in [3.8, 4) is 5.75 Å². The molecule has 24 heavy (non-hydrogen) atoms. The number of methoxy groups -OCH3 is 1. The van der Waals surface area contributed by atoms with E-state index < -0.39 is 5.97 Å². The van der Waals surface area contributed by atoms with Crippen LogP contribution in [0.5, 0.6) is 5.75 Å². The molecule has 0 radical (unpaired) electrons. The van der Waals surface area contributed by atoms with Gasteiger partial charge in [0.15, 0.2) is 0 Å². The maximum absolute atomic E-state index is 11.9. The molecule has 1 heterocycles. The molecular formula is C16H15ClN2O4S. The van der Waals surface area contributed by atoms with E-state index in [-0.39, 0.29) is 19.1 Å². The molecule has 0 atom stereocenters. The SMILES string of the molecule is COC(=O)/C=C/CNC(=O)c1csc(COc2cccc(Cl)c2)n1. The van der Waals surface area contributed by atoms with Gasteiger partial charge in [-0.25, -0.2) is 9.78 Å². The number of benzene rings is 1. The van der Waals surface area contributed by atoms with Crippen molar-refractivity contribution in [3.63, 3.8) is 0 Å². The van der Waals surface area contributed by atoms with E-state index in [2.05, 4.69) is 15.0 Å². The highest BCUT2D eigenvalue weighted by atomic mass is 35.5. The Morgan fingerprint density at radius 1 is 1.42 bits per heavy atom. The smallest absolute Gasteiger partial charge is 0.330 e. The maximum Gasteiger partial charge on any atom is 0.330 e. The second kappa shape index (κ2) is 9.05. The Hall–Kier alpha value is -2.38. The first kappa shape index (κ1) is 18.0. The Morgan fingerprint density at radius 3 is 3.00 bits per heavy atom. The second-order valence-corrected chi connectivity index (χ2v) is 5.89. The van der Waals surface area contributed by atoms with Gasteiger partial charge in [0.1, 0.15) is 23.1 Å². The number of carbonyl (C=O) groups is 2. The quantitative estimate of drug-likeness (QED) is 0.602. The van der Waals surface area contributed by atoms with Crippen LogP contribution in [0.15, 0.2) is 41.8 Å². The summed E-state index contributed by atoms with van der Waals surface area (Å²) in [6, 6.07) is 7.05. The van der Waals surface area contributed by atoms with Gasteiger partial charge in [0.05, 0.1) is 7.11 Å². The fourth-order valence-corrected chi connectivity index (χ4v) is 2.51. The van der Waals surface area contributed by atoms with Crippen LogP contribution in [-0.4, -0.2) is 30.5 Å². The van der Waals surface area contributed by atoms with E-state index in [0.29, 0.717) is 21.5 Å². The number of nitrogens with one attached hydrogen (secondary N) is 1. The minimum Gasteiger partial charge on any atom is -0.486 e. The normalized spacial score (nSPS) is 10.6. The second-order valence-electron chi connectivity index (χ2n) is 4.51. The molecule has 6 nitrogen and oxygen atoms in total. The number of thiazole rings is 1. The fourth-order valence-electron chi connectivity index (χ4n) is 1.65. The van der Waals surface area contributed by atoms with Crippen molar-refractivity contribution in [1.29, 1.82) is 0 Å². The lowest BCUT2D eigenvalue weighted by atomic mass is 10.3. The molecule has 1 aromatic heterocycles. The molecule has 8 heteroatoms. The minimum atomic E-state index is -0.474. The Bertz CT molecular complexity index is 745. The number of hydrogen-bond acceptors (Lipinski definition) is 6. The van der Waals surface area contributed by atoms with Crippen molar-refractivity contribution in [3.05, 3.63) is 57.5 Å². The first-order chi connectivity index (χ1) is 11.6. The van der Waals surface area contributed by atoms with Crippen molar-refractivity contribution >= 4 is 34.8 Å². The molecule has 0 bridgehead atoms. The highest BCUT2D eigenvalue weighted by molar-refractivity contribution is 7.09. The van der Waals surface area contributed by atoms with Crippen LogP contribution in [0, 0.1) is 0 Å². The summed E-state index contributed by atoms with van der Waals surface area (Å²) in [5.41, 5.74) is 0.302. The van der Waals surface area contributed by atoms with Crippen LogP contribution < -0.4 is 10.1 Å². The van der Waals surface area contributed by atoms with Gasteiger partial charge in [-0.05, 0) is 18.2 Å². The van der Waals surface area contributed by atoms with Gasteiger partial charge >= 0.3 is 5.97 Å². The highest BCUT2D eigenvalue weighted by Crippen LogP contribution is 2.19. The molecule has 0 aliphatic rings. The van der Waals surface area contributed by atoms with Gasteiger partial charge in [-0.2, -0.15) is 0 Å². The molecular weight excluding hydrogens is 352 g/mol. The summed E-state index contributed by atoms with van der Waals surface area (Å²) in [7, 11) is 1.29. The summed E-state index contributed by atoms with van der Waals surface area (Å²) in [4.78, 5) is 27.0. The van der Waals surface area contributed by atoms with Gasteiger partial charge < -0.3 is 14.8 Å². The molecule has 0 aliphatic carbocycles. The van der Waals surface area contributed by atoms with Crippen LogP contribution in [0.2, 0.25) is 5.02 Å². The monoisotopic (exact) mass is 366 g/mol. The average Bonchev–Trinajstić information content (AvgIpc) is 3.05. The number of hydrogen-bond donors (Lipinski definition) is 1. The van der Waals surface area contributed by atoms with Crippen molar-refractivity contribution < 1.29 is 19.1 Å². The van der Waals surface area contributed by atoms with E-state index in [1.807, 2.05) is 0 Å². The lowest BCUT2D eigenvalue weighted by molar-refractivity contribution is -0.134. The molecule has 0 saturated carbocycles. The van der Waals surface area contributed by atoms with Crippen LogP contribution in [0.25, 0.3) is 0 Å². The standard InChI is InChI=1S/C16H15ClN2O4S/c1-22-15(20)6-3-7-18-16(21)13-10-24-14(19-13)9-23-12-5-2-4-11(17)8-12/h2-6,8,10H,7,9H2,1H3,(H,18,21)/b6-3+. The molecule has 0 aliphatic heterocycles. The minimum absolute atomic E-state index is 0.208. The largest absolute Gasteiger partial charge is 0.486 e. The van der Waals surface area contributed by atoms with Crippen LogP contribution in [0.3, 0.4) is 0 Å². The number of carbonyl (C=O) groups excluding carboxylic acids is 2. The third-order valence-corrected chi connectivity index (χ3v) is 3.84. The summed E-state index contributed by atoms with van der Waals surface area (Å²) in [6.45, 7) is 0.459. The topological polar surface area (TPSA) is 77.5 Å². The first-order valence-corrected chi connectivity index (χ1v) is 8.19. The summed E-state index contributed by atoms with van der Waals surface area (Å²) >= 11 is 7.21. The van der Waals surface area contributed by atoms with Crippen molar-refractivity contribution in [2.75, 3.05) is 13.7 Å². The summed E-state index contributed by atoms with van der Waals surface area (Å²) in [5, 5.41) is 5.54. The Labute approximate surface area is 148 Å². The third kappa shape index (κ3) is 5.68. The van der Waals surface area contributed by atoms with E-state index in [4.69, 9.17) is 16.3 Å². The Balaban J connectivity index is 1.82. The third-order valence-electron chi connectivity index (χ3n) is 2.78. The summed E-state index contributed by atoms with van der Waals surface area (Å²) in [5.74, 6) is -0.162. The molecule has 1 N–H and O–H groups in total. The van der Waals surface area contributed by atoms with E-state index in [1.54, 1.807) is 29.6 Å². The number of esters is 1. The lowest BCUT2D eigenvalue weighted by Gasteiger charge is -2.03. The summed E-state index contributed by atoms with van der Waals surface area (Å²) < 4.78 is 10.0. The number of rotatable bonds is 7. The molecule has 0 fully saturated rings. The molecule has 2 aromatic rings. The zero-order valence-electron chi connectivity index (χ0n) is 12.8. The zero-order valence-corrected chi connectivity index (χ0v) is 14.4. The lowest BCUT2D eigenvalue weighted by Crippen LogP contribution is -2.23. The predicted molar refractivity (Wildman–Crippen MR) is 91.4 cm³/mol. The van der Waals surface area contributed by atoms with Gasteiger partial charge in [0.25, 0.3) is 5.91 Å². The molecule has 0 saturated heterocycles. The molecule has 1 amide bonds. The maximum atomic E-state index is 11.9. The van der Waals surface area contributed by atoms with Gasteiger partial charge in [0.2, 0.25) is 0 Å². The first-order valence-electron chi connectivity index (χ1n) is 6.94. The van der Waals surface area contributed by atoms with Crippen LogP contribution in [-0.2, 0) is 16.1 Å². The highest BCUT2D eigenvalue weighted by Gasteiger charge is 2.10. The molecule has 0 spiro atoms. The van der Waals surface area contributed by atoms with Gasteiger partial charge in [0, 0.05) is 23.0 Å². The van der Waals surface area contributed by atoms with Crippen LogP contribution >= 0.6 is 22.9 Å². The molecule has 2 rings (SSSR count). The number of halogens is 1. The molecule has 1 aromatic carbocycles.